The summed E-state index contributed by atoms with van der Waals surface area (Å²) in [6, 6.07) is 4.63. The monoisotopic (exact) mass is 368 g/mol. The lowest BCUT2D eigenvalue weighted by molar-refractivity contribution is 0.0950. The van der Waals surface area contributed by atoms with Crippen molar-refractivity contribution in [3.63, 3.8) is 0 Å². The Balaban J connectivity index is 1.92. The molecule has 0 bridgehead atoms. The average molecular weight is 369 g/mol. The van der Waals surface area contributed by atoms with Gasteiger partial charge < -0.3 is 15.5 Å². The van der Waals surface area contributed by atoms with Crippen LogP contribution in [0.1, 0.15) is 29.3 Å². The molecule has 1 aliphatic rings. The second kappa shape index (κ2) is 9.28. The fraction of sp³-hybridized carbons (Fsp3) is 0.588. The van der Waals surface area contributed by atoms with Crippen LogP contribution < -0.4 is 15.4 Å². The van der Waals surface area contributed by atoms with Gasteiger partial charge in [-0.25, -0.2) is 13.1 Å². The van der Waals surface area contributed by atoms with Gasteiger partial charge in [0.25, 0.3) is 5.91 Å². The van der Waals surface area contributed by atoms with E-state index in [1.807, 2.05) is 0 Å². The third kappa shape index (κ3) is 5.78. The van der Waals surface area contributed by atoms with Crippen molar-refractivity contribution in [3.05, 3.63) is 29.3 Å². The summed E-state index contributed by atoms with van der Waals surface area (Å²) in [6.07, 6.45) is 0.875. The highest BCUT2D eigenvalue weighted by molar-refractivity contribution is 7.89. The lowest BCUT2D eigenvalue weighted by Crippen LogP contribution is -2.44. The van der Waals surface area contributed by atoms with E-state index in [2.05, 4.69) is 20.3 Å². The molecule has 1 amide bonds. The molecule has 0 aromatic heterocycles. The highest BCUT2D eigenvalue weighted by atomic mass is 32.2. The Labute approximate surface area is 150 Å². The van der Waals surface area contributed by atoms with Crippen LogP contribution in [-0.4, -0.2) is 65.0 Å². The molecule has 0 atom stereocenters. The van der Waals surface area contributed by atoms with Crippen LogP contribution in [0.3, 0.4) is 0 Å². The smallest absolute Gasteiger partial charge is 0.251 e. The number of aryl methyl sites for hydroxylation is 1. The number of nitrogens with zero attached hydrogens (tertiary/aromatic N) is 1. The molecule has 25 heavy (non-hydrogen) atoms. The summed E-state index contributed by atoms with van der Waals surface area (Å²) in [5.41, 5.74) is 1.16. The van der Waals surface area contributed by atoms with Crippen LogP contribution in [0.15, 0.2) is 23.1 Å². The molecule has 1 aliphatic heterocycles. The van der Waals surface area contributed by atoms with Crippen LogP contribution in [0.2, 0.25) is 0 Å². The van der Waals surface area contributed by atoms with Crippen molar-refractivity contribution in [2.45, 2.75) is 25.2 Å². The molecule has 0 unspecified atom stereocenters. The van der Waals surface area contributed by atoms with Crippen LogP contribution in [0.4, 0.5) is 0 Å². The second-order valence-electron chi connectivity index (χ2n) is 6.18. The second-order valence-corrected chi connectivity index (χ2v) is 7.95. The van der Waals surface area contributed by atoms with Crippen molar-refractivity contribution >= 4 is 15.9 Å². The zero-order chi connectivity index (χ0) is 18.3. The van der Waals surface area contributed by atoms with E-state index >= 15 is 0 Å². The SMILES string of the molecule is CCNS(=O)(=O)c1ccc(C)c(C(=O)NCCCN2CCNCC2)c1. The summed E-state index contributed by atoms with van der Waals surface area (Å²) in [5.74, 6) is -0.230. The minimum atomic E-state index is -3.57. The van der Waals surface area contributed by atoms with Crippen molar-refractivity contribution in [2.75, 3.05) is 45.8 Å². The zero-order valence-corrected chi connectivity index (χ0v) is 15.8. The predicted octanol–water partition coefficient (Wildman–Crippen LogP) is 0.318. The van der Waals surface area contributed by atoms with Gasteiger partial charge in [0.2, 0.25) is 10.0 Å². The number of piperazine rings is 1. The lowest BCUT2D eigenvalue weighted by atomic mass is 10.1. The third-order valence-corrected chi connectivity index (χ3v) is 5.79. The molecular formula is C17H28N4O3S. The molecule has 0 radical (unpaired) electrons. The fourth-order valence-electron chi connectivity index (χ4n) is 2.82. The highest BCUT2D eigenvalue weighted by Crippen LogP contribution is 2.15. The van der Waals surface area contributed by atoms with E-state index < -0.39 is 10.0 Å². The zero-order valence-electron chi connectivity index (χ0n) is 15.0. The van der Waals surface area contributed by atoms with Gasteiger partial charge in [0.05, 0.1) is 4.90 Å². The molecule has 0 aliphatic carbocycles. The van der Waals surface area contributed by atoms with Crippen LogP contribution in [0, 0.1) is 6.92 Å². The molecule has 2 rings (SSSR count). The molecule has 1 heterocycles. The topological polar surface area (TPSA) is 90.5 Å². The standard InChI is InChI=1S/C17H28N4O3S/c1-3-20-25(23,24)15-6-5-14(2)16(13-15)17(22)19-7-4-10-21-11-8-18-9-12-21/h5-6,13,18,20H,3-4,7-12H2,1-2H3,(H,19,22). The van der Waals surface area contributed by atoms with Crippen molar-refractivity contribution in [1.82, 2.24) is 20.3 Å². The number of rotatable bonds is 8. The lowest BCUT2D eigenvalue weighted by Gasteiger charge is -2.27. The maximum absolute atomic E-state index is 12.4. The van der Waals surface area contributed by atoms with Gasteiger partial charge in [0.1, 0.15) is 0 Å². The van der Waals surface area contributed by atoms with Gasteiger partial charge in [-0.1, -0.05) is 13.0 Å². The maximum atomic E-state index is 12.4. The largest absolute Gasteiger partial charge is 0.352 e. The van der Waals surface area contributed by atoms with Gasteiger partial charge in [0, 0.05) is 44.8 Å². The highest BCUT2D eigenvalue weighted by Gasteiger charge is 2.17. The molecule has 0 saturated carbocycles. The first-order chi connectivity index (χ1) is 11.9. The molecule has 0 spiro atoms. The number of benzene rings is 1. The van der Waals surface area contributed by atoms with Crippen molar-refractivity contribution < 1.29 is 13.2 Å². The Bertz CT molecular complexity index is 685. The van der Waals surface area contributed by atoms with E-state index in [-0.39, 0.29) is 10.8 Å². The molecule has 7 nitrogen and oxygen atoms in total. The minimum absolute atomic E-state index is 0.117. The maximum Gasteiger partial charge on any atom is 0.251 e. The normalized spacial score (nSPS) is 15.9. The number of amides is 1. The average Bonchev–Trinajstić information content (AvgIpc) is 2.59. The number of nitrogens with one attached hydrogen (secondary N) is 3. The van der Waals surface area contributed by atoms with E-state index in [1.165, 1.54) is 12.1 Å². The molecule has 8 heteroatoms. The van der Waals surface area contributed by atoms with Gasteiger partial charge >= 0.3 is 0 Å². The predicted molar refractivity (Wildman–Crippen MR) is 98.3 cm³/mol. The Hall–Kier alpha value is -1.48. The molecular weight excluding hydrogens is 340 g/mol. The molecule has 3 N–H and O–H groups in total. The minimum Gasteiger partial charge on any atom is -0.352 e. The summed E-state index contributed by atoms with van der Waals surface area (Å²) < 4.78 is 26.6. The third-order valence-electron chi connectivity index (χ3n) is 4.24. The number of hydrogen-bond acceptors (Lipinski definition) is 5. The van der Waals surface area contributed by atoms with Gasteiger partial charge in [-0.05, 0) is 37.6 Å². The number of sulfonamides is 1. The molecule has 140 valence electrons. The summed E-state index contributed by atoms with van der Waals surface area (Å²) in [7, 11) is -3.57. The van der Waals surface area contributed by atoms with E-state index in [0.717, 1.165) is 44.7 Å². The Morgan fingerprint density at radius 2 is 2.00 bits per heavy atom. The van der Waals surface area contributed by atoms with E-state index in [9.17, 15) is 13.2 Å². The summed E-state index contributed by atoms with van der Waals surface area (Å²) in [4.78, 5) is 14.9. The van der Waals surface area contributed by atoms with Gasteiger partial charge in [-0.15, -0.1) is 0 Å². The summed E-state index contributed by atoms with van der Waals surface area (Å²) >= 11 is 0. The van der Waals surface area contributed by atoms with E-state index in [0.29, 0.717) is 18.7 Å². The van der Waals surface area contributed by atoms with Gasteiger partial charge in [-0.2, -0.15) is 0 Å². The summed E-state index contributed by atoms with van der Waals surface area (Å²) in [6.45, 7) is 9.47. The van der Waals surface area contributed by atoms with E-state index in [4.69, 9.17) is 0 Å². The van der Waals surface area contributed by atoms with Crippen molar-refractivity contribution in [2.24, 2.45) is 0 Å². The number of carbonyl (C=O) groups excluding carboxylic acids is 1. The number of carbonyl (C=O) groups is 1. The van der Waals surface area contributed by atoms with Crippen LogP contribution in [-0.2, 0) is 10.0 Å². The summed E-state index contributed by atoms with van der Waals surface area (Å²) in [5, 5.41) is 6.21. The molecule has 1 fully saturated rings. The van der Waals surface area contributed by atoms with Gasteiger partial charge in [0.15, 0.2) is 0 Å². The first-order valence-electron chi connectivity index (χ1n) is 8.75. The Kier molecular flexibility index (Phi) is 7.37. The quantitative estimate of drug-likeness (QED) is 0.575. The molecule has 1 aromatic rings. The Morgan fingerprint density at radius 3 is 2.68 bits per heavy atom. The van der Waals surface area contributed by atoms with Crippen LogP contribution >= 0.6 is 0 Å². The van der Waals surface area contributed by atoms with Crippen molar-refractivity contribution in [1.29, 1.82) is 0 Å². The van der Waals surface area contributed by atoms with Crippen LogP contribution in [0.25, 0.3) is 0 Å². The van der Waals surface area contributed by atoms with E-state index in [1.54, 1.807) is 19.9 Å². The van der Waals surface area contributed by atoms with Gasteiger partial charge in [-0.3, -0.25) is 4.79 Å². The first-order valence-corrected chi connectivity index (χ1v) is 10.2. The Morgan fingerprint density at radius 1 is 1.28 bits per heavy atom. The fourth-order valence-corrected chi connectivity index (χ4v) is 3.89. The van der Waals surface area contributed by atoms with Crippen molar-refractivity contribution in [3.8, 4) is 0 Å². The molecule has 1 saturated heterocycles. The molecule has 1 aromatic carbocycles. The van der Waals surface area contributed by atoms with Crippen LogP contribution in [0.5, 0.6) is 0 Å². The first kappa shape index (κ1) is 19.8. The number of hydrogen-bond donors (Lipinski definition) is 3.